The summed E-state index contributed by atoms with van der Waals surface area (Å²) in [7, 11) is 0. The van der Waals surface area contributed by atoms with Gasteiger partial charge in [-0.25, -0.2) is 9.37 Å². The van der Waals surface area contributed by atoms with Gasteiger partial charge in [0.25, 0.3) is 0 Å². The third kappa shape index (κ3) is 9.56. The van der Waals surface area contributed by atoms with E-state index in [-0.39, 0.29) is 54.9 Å². The van der Waals surface area contributed by atoms with Crippen LogP contribution in [0, 0.1) is 18.2 Å². The van der Waals surface area contributed by atoms with Crippen molar-refractivity contribution < 1.29 is 29.0 Å². The molecule has 12 nitrogen and oxygen atoms in total. The summed E-state index contributed by atoms with van der Waals surface area (Å²) in [5.74, 6) is -1.37. The van der Waals surface area contributed by atoms with E-state index in [9.17, 15) is 24.6 Å². The Labute approximate surface area is 353 Å². The molecule has 2 aliphatic rings. The number of phenols is 1. The molecular formula is C46H52FN7O5S. The van der Waals surface area contributed by atoms with Gasteiger partial charge in [-0.3, -0.25) is 19.3 Å². The van der Waals surface area contributed by atoms with Gasteiger partial charge in [0.05, 0.1) is 46.7 Å². The van der Waals surface area contributed by atoms with Gasteiger partial charge in [0.1, 0.15) is 23.7 Å². The number of β-amino-alcohol motifs (C(OH)–C–C–N with tert-alkyl or cyclic N) is 1. The quantitative estimate of drug-likeness (QED) is 0.115. The number of carbonyl (C=O) groups is 3. The van der Waals surface area contributed by atoms with Crippen molar-refractivity contribution in [1.82, 2.24) is 35.6 Å². The number of aryl methyl sites for hydroxylation is 1. The second kappa shape index (κ2) is 18.0. The van der Waals surface area contributed by atoms with Crippen molar-refractivity contribution in [3.05, 3.63) is 107 Å². The second-order valence-corrected chi connectivity index (χ2v) is 17.9. The number of para-hydroxylation sites is 1. The smallest absolute Gasteiger partial charge is 0.246 e. The maximum Gasteiger partial charge on any atom is 0.246 e. The molecule has 4 atom stereocenters. The van der Waals surface area contributed by atoms with Gasteiger partial charge < -0.3 is 25.7 Å². The van der Waals surface area contributed by atoms with Crippen LogP contribution in [0.2, 0.25) is 0 Å². The van der Waals surface area contributed by atoms with Gasteiger partial charge in [-0.2, -0.15) is 10.2 Å². The second-order valence-electron chi connectivity index (χ2n) is 17.0. The molecule has 3 amide bonds. The van der Waals surface area contributed by atoms with Gasteiger partial charge in [-0.15, -0.1) is 11.3 Å². The van der Waals surface area contributed by atoms with E-state index in [1.165, 1.54) is 11.0 Å². The van der Waals surface area contributed by atoms with Gasteiger partial charge in [-0.1, -0.05) is 69.3 Å². The number of nitrogens with zero attached hydrogens (tertiary/aromatic N) is 5. The Morgan fingerprint density at radius 1 is 0.967 bits per heavy atom. The molecule has 60 heavy (non-hydrogen) atoms. The number of aromatic hydroxyl groups is 1. The van der Waals surface area contributed by atoms with E-state index >= 15 is 4.39 Å². The van der Waals surface area contributed by atoms with E-state index in [2.05, 4.69) is 25.8 Å². The van der Waals surface area contributed by atoms with Crippen molar-refractivity contribution in [3.63, 3.8) is 0 Å². The Hall–Kier alpha value is -5.57. The first-order valence-corrected chi connectivity index (χ1v) is 21.3. The monoisotopic (exact) mass is 833 g/mol. The number of aliphatic hydroxyl groups is 1. The fourth-order valence-electron chi connectivity index (χ4n) is 8.21. The number of rotatable bonds is 11. The molecule has 0 saturated carbocycles. The summed E-state index contributed by atoms with van der Waals surface area (Å²) in [6, 6.07) is 19.6. The molecular weight excluding hydrogens is 782 g/mol. The Balaban J connectivity index is 0.937. The van der Waals surface area contributed by atoms with Gasteiger partial charge in [0, 0.05) is 24.1 Å². The van der Waals surface area contributed by atoms with E-state index in [4.69, 9.17) is 0 Å². The van der Waals surface area contributed by atoms with Crippen LogP contribution in [0.1, 0.15) is 75.7 Å². The molecule has 2 saturated heterocycles. The Morgan fingerprint density at radius 2 is 1.68 bits per heavy atom. The van der Waals surface area contributed by atoms with Crippen LogP contribution in [0.15, 0.2) is 84.5 Å². The lowest BCUT2D eigenvalue weighted by Crippen LogP contribution is -2.59. The number of hydrogen-bond acceptors (Lipinski definition) is 10. The number of nitrogens with one attached hydrogen (secondary N) is 2. The summed E-state index contributed by atoms with van der Waals surface area (Å²) >= 11 is 1.57. The molecule has 1 unspecified atom stereocenters. The van der Waals surface area contributed by atoms with E-state index in [1.807, 2.05) is 81.4 Å². The lowest BCUT2D eigenvalue weighted by molar-refractivity contribution is -0.144. The first kappa shape index (κ1) is 42.6. The molecule has 2 fully saturated rings. The first-order chi connectivity index (χ1) is 28.7. The standard InChI is InChI=1S/C46H52FN7O5S/c1-27(29-10-12-31(13-11-29)42-28(2)48-26-60-42)50-44(58)39-22-34(55)24-54(39)45(59)43(46(3,4)5)51-41(57)25-53-18-16-30(17-19-53)35-15-14-32(20-37(35)47)33-21-38(52-49-23-33)36-8-6-7-9-40(36)56/h6-15,20-21,23,26-27,30,34,39,43,55-56H,16-19,22,24-25H2,1-5H3,(H,50,58)(H,51,57)/t27-,34+,39-,43?/m0/s1. The fourth-order valence-corrected chi connectivity index (χ4v) is 9.02. The SMILES string of the molecule is Cc1ncsc1-c1ccc([C@H](C)NC(=O)[C@@H]2C[C@@H](O)CN2C(=O)C(NC(=O)CN2CCC(c3ccc(-c4cnnc(-c5ccccc5O)c4)cc3F)CC2)C(C)(C)C)cc1. The van der Waals surface area contributed by atoms with Crippen molar-refractivity contribution in [2.75, 3.05) is 26.2 Å². The molecule has 0 radical (unpaired) electrons. The number of amides is 3. The van der Waals surface area contributed by atoms with E-state index in [0.29, 0.717) is 53.9 Å². The molecule has 7 rings (SSSR count). The average molecular weight is 834 g/mol. The zero-order chi connectivity index (χ0) is 42.7. The molecule has 14 heteroatoms. The lowest BCUT2D eigenvalue weighted by atomic mass is 9.85. The number of phenolic OH excluding ortho intramolecular Hbond substituents is 1. The highest BCUT2D eigenvalue weighted by Gasteiger charge is 2.45. The predicted molar refractivity (Wildman–Crippen MR) is 229 cm³/mol. The summed E-state index contributed by atoms with van der Waals surface area (Å²) in [5, 5.41) is 35.2. The Morgan fingerprint density at radius 3 is 2.35 bits per heavy atom. The molecule has 2 aromatic heterocycles. The third-order valence-electron chi connectivity index (χ3n) is 11.6. The number of hydrogen-bond donors (Lipinski definition) is 4. The van der Waals surface area contributed by atoms with Crippen LogP contribution in [0.4, 0.5) is 4.39 Å². The molecule has 4 heterocycles. The summed E-state index contributed by atoms with van der Waals surface area (Å²) in [4.78, 5) is 50.3. The molecule has 5 aromatic rings. The van der Waals surface area contributed by atoms with Crippen LogP contribution in [0.3, 0.4) is 0 Å². The van der Waals surface area contributed by atoms with Crippen LogP contribution in [0.25, 0.3) is 32.8 Å². The van der Waals surface area contributed by atoms with Crippen molar-refractivity contribution >= 4 is 29.1 Å². The van der Waals surface area contributed by atoms with Crippen molar-refractivity contribution in [3.8, 4) is 38.6 Å². The maximum atomic E-state index is 15.7. The summed E-state index contributed by atoms with van der Waals surface area (Å²) in [5.41, 5.74) is 6.99. The molecule has 2 aliphatic heterocycles. The maximum absolute atomic E-state index is 15.7. The minimum Gasteiger partial charge on any atom is -0.507 e. The normalized spacial score (nSPS) is 18.6. The zero-order valence-electron chi connectivity index (χ0n) is 34.6. The predicted octanol–water partition coefficient (Wildman–Crippen LogP) is 6.64. The van der Waals surface area contributed by atoms with E-state index in [1.54, 1.807) is 47.9 Å². The summed E-state index contributed by atoms with van der Waals surface area (Å²) in [6.45, 7) is 10.6. The van der Waals surface area contributed by atoms with Crippen LogP contribution >= 0.6 is 11.3 Å². The topological polar surface area (TPSA) is 161 Å². The number of aromatic nitrogens is 3. The number of thiazole rings is 1. The Bertz CT molecular complexity index is 2340. The minimum atomic E-state index is -0.944. The highest BCUT2D eigenvalue weighted by molar-refractivity contribution is 7.13. The van der Waals surface area contributed by atoms with Crippen LogP contribution in [0.5, 0.6) is 5.75 Å². The lowest BCUT2D eigenvalue weighted by Gasteiger charge is -2.36. The zero-order valence-corrected chi connectivity index (χ0v) is 35.4. The van der Waals surface area contributed by atoms with Gasteiger partial charge in [0.15, 0.2) is 0 Å². The summed E-state index contributed by atoms with van der Waals surface area (Å²) in [6.07, 6.45) is 2.08. The van der Waals surface area contributed by atoms with Gasteiger partial charge >= 0.3 is 0 Å². The number of benzene rings is 3. The van der Waals surface area contributed by atoms with Crippen molar-refractivity contribution in [2.45, 2.75) is 84.0 Å². The summed E-state index contributed by atoms with van der Waals surface area (Å²) < 4.78 is 15.7. The number of carbonyl (C=O) groups excluding carboxylic acids is 3. The van der Waals surface area contributed by atoms with Crippen LogP contribution < -0.4 is 10.6 Å². The average Bonchev–Trinajstić information content (AvgIpc) is 3.85. The van der Waals surface area contributed by atoms with Crippen molar-refractivity contribution in [2.24, 2.45) is 5.41 Å². The van der Waals surface area contributed by atoms with Crippen LogP contribution in [-0.4, -0.2) is 97.3 Å². The molecule has 0 spiro atoms. The highest BCUT2D eigenvalue weighted by Crippen LogP contribution is 2.35. The number of aliphatic hydroxyl groups excluding tert-OH is 1. The van der Waals surface area contributed by atoms with Crippen LogP contribution in [-0.2, 0) is 14.4 Å². The van der Waals surface area contributed by atoms with Gasteiger partial charge in [0.2, 0.25) is 17.7 Å². The fraction of sp³-hybridized carbons (Fsp3) is 0.391. The molecule has 314 valence electrons. The number of piperidine rings is 1. The first-order valence-electron chi connectivity index (χ1n) is 20.4. The molecule has 4 N–H and O–H groups in total. The number of likely N-dealkylation sites (tertiary alicyclic amines) is 2. The largest absolute Gasteiger partial charge is 0.507 e. The molecule has 0 aliphatic carbocycles. The Kier molecular flexibility index (Phi) is 12.7. The van der Waals surface area contributed by atoms with Gasteiger partial charge in [-0.05, 0) is 97.6 Å². The molecule has 3 aromatic carbocycles. The highest BCUT2D eigenvalue weighted by atomic mass is 32.1. The third-order valence-corrected chi connectivity index (χ3v) is 12.6. The van der Waals surface area contributed by atoms with E-state index in [0.717, 1.165) is 21.7 Å². The van der Waals surface area contributed by atoms with Crippen molar-refractivity contribution in [1.29, 1.82) is 0 Å². The van der Waals surface area contributed by atoms with E-state index < -0.39 is 29.5 Å². The minimum absolute atomic E-state index is 0.0135. The number of halogens is 1. The molecule has 0 bridgehead atoms.